The third-order valence-corrected chi connectivity index (χ3v) is 4.62. The SMILES string of the molecule is CCN(C(=O)CS(=O)(=O)CCCC#N)c1cccc(C)c1. The summed E-state index contributed by atoms with van der Waals surface area (Å²) in [6.45, 7) is 4.14. The average molecular weight is 308 g/mol. The maximum Gasteiger partial charge on any atom is 0.242 e. The van der Waals surface area contributed by atoms with Crippen LogP contribution in [0.1, 0.15) is 25.3 Å². The van der Waals surface area contributed by atoms with Gasteiger partial charge in [-0.05, 0) is 38.0 Å². The van der Waals surface area contributed by atoms with Crippen molar-refractivity contribution in [1.29, 1.82) is 5.26 Å². The Morgan fingerprint density at radius 3 is 2.67 bits per heavy atom. The Balaban J connectivity index is 2.79. The fraction of sp³-hybridized carbons (Fsp3) is 0.467. The van der Waals surface area contributed by atoms with Gasteiger partial charge >= 0.3 is 0 Å². The van der Waals surface area contributed by atoms with Crippen molar-refractivity contribution in [2.75, 3.05) is 23.0 Å². The maximum absolute atomic E-state index is 12.2. The minimum atomic E-state index is -3.47. The highest BCUT2D eigenvalue weighted by molar-refractivity contribution is 7.92. The van der Waals surface area contributed by atoms with Gasteiger partial charge in [0.2, 0.25) is 5.91 Å². The molecule has 1 amide bonds. The van der Waals surface area contributed by atoms with Crippen LogP contribution in [-0.2, 0) is 14.6 Å². The van der Waals surface area contributed by atoms with E-state index in [0.29, 0.717) is 12.2 Å². The van der Waals surface area contributed by atoms with Crippen molar-refractivity contribution >= 4 is 21.4 Å². The summed E-state index contributed by atoms with van der Waals surface area (Å²) in [5.74, 6) is -1.07. The highest BCUT2D eigenvalue weighted by atomic mass is 32.2. The van der Waals surface area contributed by atoms with Crippen molar-refractivity contribution < 1.29 is 13.2 Å². The van der Waals surface area contributed by atoms with Crippen LogP contribution in [0.2, 0.25) is 0 Å². The monoisotopic (exact) mass is 308 g/mol. The number of aryl methyl sites for hydroxylation is 1. The molecular weight excluding hydrogens is 288 g/mol. The molecule has 0 heterocycles. The Morgan fingerprint density at radius 1 is 1.38 bits per heavy atom. The number of rotatable bonds is 7. The summed E-state index contributed by atoms with van der Waals surface area (Å²) < 4.78 is 23.8. The predicted molar refractivity (Wildman–Crippen MR) is 82.7 cm³/mol. The summed E-state index contributed by atoms with van der Waals surface area (Å²) in [4.78, 5) is 13.7. The van der Waals surface area contributed by atoms with Crippen LogP contribution in [0.4, 0.5) is 5.69 Å². The summed E-state index contributed by atoms with van der Waals surface area (Å²) >= 11 is 0. The van der Waals surface area contributed by atoms with E-state index in [1.165, 1.54) is 4.90 Å². The molecule has 0 bridgehead atoms. The quantitative estimate of drug-likeness (QED) is 0.722. The van der Waals surface area contributed by atoms with Crippen LogP contribution in [0.3, 0.4) is 0 Å². The summed E-state index contributed by atoms with van der Waals surface area (Å²) in [5.41, 5.74) is 1.71. The van der Waals surface area contributed by atoms with E-state index >= 15 is 0 Å². The number of amides is 1. The summed E-state index contributed by atoms with van der Waals surface area (Å²) in [5, 5.41) is 8.43. The molecule has 0 radical (unpaired) electrons. The number of hydrogen-bond donors (Lipinski definition) is 0. The lowest BCUT2D eigenvalue weighted by molar-refractivity contribution is -0.116. The highest BCUT2D eigenvalue weighted by Crippen LogP contribution is 2.16. The summed E-state index contributed by atoms with van der Waals surface area (Å²) in [6.07, 6.45) is 0.450. The van der Waals surface area contributed by atoms with Crippen LogP contribution in [0.25, 0.3) is 0 Å². The predicted octanol–water partition coefficient (Wildman–Crippen LogP) is 2.07. The Hall–Kier alpha value is -1.87. The maximum atomic E-state index is 12.2. The van der Waals surface area contributed by atoms with E-state index in [4.69, 9.17) is 5.26 Å². The van der Waals surface area contributed by atoms with E-state index in [1.54, 1.807) is 6.07 Å². The van der Waals surface area contributed by atoms with E-state index in [1.807, 2.05) is 38.1 Å². The average Bonchev–Trinajstić information content (AvgIpc) is 2.39. The first-order valence-electron chi connectivity index (χ1n) is 6.84. The van der Waals surface area contributed by atoms with E-state index in [-0.39, 0.29) is 18.6 Å². The van der Waals surface area contributed by atoms with Crippen LogP contribution in [-0.4, -0.2) is 32.4 Å². The molecule has 1 aromatic rings. The zero-order chi connectivity index (χ0) is 15.9. The third kappa shape index (κ3) is 5.56. The van der Waals surface area contributed by atoms with Gasteiger partial charge in [-0.2, -0.15) is 5.26 Å². The fourth-order valence-corrected chi connectivity index (χ4v) is 3.27. The molecule has 0 atom stereocenters. The van der Waals surface area contributed by atoms with Crippen LogP contribution >= 0.6 is 0 Å². The van der Waals surface area contributed by atoms with E-state index in [2.05, 4.69) is 0 Å². The minimum absolute atomic E-state index is 0.127. The van der Waals surface area contributed by atoms with Gasteiger partial charge in [0.05, 0.1) is 11.8 Å². The van der Waals surface area contributed by atoms with Crippen LogP contribution < -0.4 is 4.90 Å². The Labute approximate surface area is 126 Å². The Morgan fingerprint density at radius 2 is 2.10 bits per heavy atom. The molecule has 6 heteroatoms. The summed E-state index contributed by atoms with van der Waals surface area (Å²) in [6, 6.07) is 9.29. The van der Waals surface area contributed by atoms with Crippen molar-refractivity contribution in [3.8, 4) is 6.07 Å². The van der Waals surface area contributed by atoms with Crippen LogP contribution in [0.15, 0.2) is 24.3 Å². The smallest absolute Gasteiger partial charge is 0.242 e. The van der Waals surface area contributed by atoms with Crippen molar-refractivity contribution in [3.63, 3.8) is 0 Å². The third-order valence-electron chi connectivity index (χ3n) is 3.02. The molecule has 114 valence electrons. The molecule has 0 aromatic heterocycles. The van der Waals surface area contributed by atoms with Gasteiger partial charge in [-0.15, -0.1) is 0 Å². The molecule has 0 fully saturated rings. The second kappa shape index (κ2) is 7.79. The number of unbranched alkanes of at least 4 members (excludes halogenated alkanes) is 1. The van der Waals surface area contributed by atoms with Crippen LogP contribution in [0, 0.1) is 18.3 Å². The molecule has 0 saturated heterocycles. The zero-order valence-corrected chi connectivity index (χ0v) is 13.2. The zero-order valence-electron chi connectivity index (χ0n) is 12.4. The number of carbonyl (C=O) groups excluding carboxylic acids is 1. The van der Waals surface area contributed by atoms with Gasteiger partial charge in [0.15, 0.2) is 9.84 Å². The van der Waals surface area contributed by atoms with Crippen molar-refractivity contribution in [2.24, 2.45) is 0 Å². The fourth-order valence-electron chi connectivity index (χ4n) is 2.01. The topological polar surface area (TPSA) is 78.2 Å². The minimum Gasteiger partial charge on any atom is -0.312 e. The number of hydrogen-bond acceptors (Lipinski definition) is 4. The molecule has 21 heavy (non-hydrogen) atoms. The van der Waals surface area contributed by atoms with E-state index in [0.717, 1.165) is 5.56 Å². The van der Waals surface area contributed by atoms with Crippen molar-refractivity contribution in [2.45, 2.75) is 26.7 Å². The van der Waals surface area contributed by atoms with Gasteiger partial charge in [-0.3, -0.25) is 4.79 Å². The number of carbonyl (C=O) groups is 1. The number of benzene rings is 1. The van der Waals surface area contributed by atoms with E-state index in [9.17, 15) is 13.2 Å². The van der Waals surface area contributed by atoms with Gasteiger partial charge in [-0.1, -0.05) is 12.1 Å². The standard InChI is InChI=1S/C15H20N2O3S/c1-3-17(14-8-6-7-13(2)11-14)15(18)12-21(19,20)10-5-4-9-16/h6-8,11H,3-5,10,12H2,1-2H3. The van der Waals surface area contributed by atoms with Crippen molar-refractivity contribution in [3.05, 3.63) is 29.8 Å². The molecule has 1 aromatic carbocycles. The van der Waals surface area contributed by atoms with Crippen molar-refractivity contribution in [1.82, 2.24) is 0 Å². The molecule has 0 aliphatic heterocycles. The lowest BCUT2D eigenvalue weighted by atomic mass is 10.2. The molecule has 0 aliphatic rings. The molecule has 5 nitrogen and oxygen atoms in total. The molecular formula is C15H20N2O3S. The van der Waals surface area contributed by atoms with Gasteiger partial charge in [0.1, 0.15) is 5.75 Å². The molecule has 0 N–H and O–H groups in total. The second-order valence-electron chi connectivity index (χ2n) is 4.83. The largest absolute Gasteiger partial charge is 0.312 e. The lowest BCUT2D eigenvalue weighted by Gasteiger charge is -2.21. The van der Waals surface area contributed by atoms with E-state index < -0.39 is 21.5 Å². The van der Waals surface area contributed by atoms with Crippen LogP contribution in [0.5, 0.6) is 0 Å². The Bertz CT molecular complexity index is 633. The molecule has 0 unspecified atom stereocenters. The van der Waals surface area contributed by atoms with Gasteiger partial charge in [-0.25, -0.2) is 8.42 Å². The second-order valence-corrected chi connectivity index (χ2v) is 7.01. The molecule has 1 rings (SSSR count). The van der Waals surface area contributed by atoms with Gasteiger partial charge < -0.3 is 4.90 Å². The first-order chi connectivity index (χ1) is 9.89. The first-order valence-corrected chi connectivity index (χ1v) is 8.66. The number of nitriles is 1. The Kier molecular flexibility index (Phi) is 6.38. The molecule has 0 spiro atoms. The van der Waals surface area contributed by atoms with Gasteiger partial charge in [0, 0.05) is 18.7 Å². The highest BCUT2D eigenvalue weighted by Gasteiger charge is 2.21. The summed E-state index contributed by atoms with van der Waals surface area (Å²) in [7, 11) is -3.47. The first kappa shape index (κ1) is 17.2. The molecule has 0 saturated carbocycles. The normalized spacial score (nSPS) is 10.9. The number of nitrogens with zero attached hydrogens (tertiary/aromatic N) is 2. The number of sulfone groups is 1. The lowest BCUT2D eigenvalue weighted by Crippen LogP contribution is -2.36. The van der Waals surface area contributed by atoms with Gasteiger partial charge in [0.25, 0.3) is 0 Å². The molecule has 0 aliphatic carbocycles. The number of anilines is 1.